The number of amides is 1. The lowest BCUT2D eigenvalue weighted by Gasteiger charge is -2.31. The molecule has 0 radical (unpaired) electrons. The van der Waals surface area contributed by atoms with Gasteiger partial charge < -0.3 is 14.8 Å². The number of anilines is 1. The molecule has 1 aliphatic rings. The van der Waals surface area contributed by atoms with Gasteiger partial charge in [-0.3, -0.25) is 9.78 Å². The summed E-state index contributed by atoms with van der Waals surface area (Å²) in [5.41, 5.74) is 6.25. The lowest BCUT2D eigenvalue weighted by atomic mass is 10.00. The Kier molecular flexibility index (Phi) is 5.09. The molecule has 2 aromatic heterocycles. The van der Waals surface area contributed by atoms with Gasteiger partial charge in [-0.25, -0.2) is 4.98 Å². The van der Waals surface area contributed by atoms with E-state index in [0.717, 1.165) is 48.1 Å². The first-order chi connectivity index (χ1) is 14.0. The van der Waals surface area contributed by atoms with Gasteiger partial charge in [0.2, 0.25) is 0 Å². The standard InChI is InChI=1S/C23H27N5O/c1-15(2)21-19(6-5-11-25-21)22-20-14-27(12-13-28(20)16(3)26-22)18-9-7-17(8-10-18)23(29)24-4/h5-11,15H,12-14H2,1-4H3,(H,24,29). The highest BCUT2D eigenvalue weighted by Crippen LogP contribution is 2.33. The number of benzene rings is 1. The molecule has 0 unspecified atom stereocenters. The molecular formula is C23H27N5O. The molecule has 29 heavy (non-hydrogen) atoms. The summed E-state index contributed by atoms with van der Waals surface area (Å²) in [5.74, 6) is 1.31. The number of rotatable bonds is 4. The number of fused-ring (bicyclic) bond motifs is 1. The van der Waals surface area contributed by atoms with E-state index >= 15 is 0 Å². The molecule has 0 saturated heterocycles. The van der Waals surface area contributed by atoms with Crippen LogP contribution in [0.3, 0.4) is 0 Å². The highest BCUT2D eigenvalue weighted by atomic mass is 16.1. The summed E-state index contributed by atoms with van der Waals surface area (Å²) >= 11 is 0. The SMILES string of the molecule is CNC(=O)c1ccc(N2CCn3c(C)nc(-c4cccnc4C(C)C)c3C2)cc1. The Balaban J connectivity index is 1.69. The van der Waals surface area contributed by atoms with E-state index in [1.54, 1.807) is 7.05 Å². The maximum atomic E-state index is 11.8. The average molecular weight is 390 g/mol. The molecule has 0 spiro atoms. The second kappa shape index (κ2) is 7.70. The Morgan fingerprint density at radius 2 is 1.90 bits per heavy atom. The summed E-state index contributed by atoms with van der Waals surface area (Å²) < 4.78 is 2.32. The molecule has 1 N–H and O–H groups in total. The van der Waals surface area contributed by atoms with Crippen molar-refractivity contribution >= 4 is 11.6 Å². The zero-order chi connectivity index (χ0) is 20.5. The van der Waals surface area contributed by atoms with E-state index in [-0.39, 0.29) is 5.91 Å². The lowest BCUT2D eigenvalue weighted by molar-refractivity contribution is 0.0963. The Hall–Kier alpha value is -3.15. The van der Waals surface area contributed by atoms with Gasteiger partial charge in [-0.15, -0.1) is 0 Å². The Bertz CT molecular complexity index is 1040. The third kappa shape index (κ3) is 3.50. The number of imidazole rings is 1. The number of hydrogen-bond donors (Lipinski definition) is 1. The van der Waals surface area contributed by atoms with Gasteiger partial charge in [-0.05, 0) is 49.2 Å². The van der Waals surface area contributed by atoms with Crippen LogP contribution in [0, 0.1) is 6.92 Å². The molecule has 150 valence electrons. The van der Waals surface area contributed by atoms with Crippen LogP contribution in [-0.2, 0) is 13.1 Å². The van der Waals surface area contributed by atoms with Crippen molar-refractivity contribution in [2.75, 3.05) is 18.5 Å². The predicted molar refractivity (Wildman–Crippen MR) is 115 cm³/mol. The van der Waals surface area contributed by atoms with E-state index in [1.165, 1.54) is 5.69 Å². The fourth-order valence-electron chi connectivity index (χ4n) is 4.03. The maximum Gasteiger partial charge on any atom is 0.251 e. The van der Waals surface area contributed by atoms with Gasteiger partial charge >= 0.3 is 0 Å². The fraction of sp³-hybridized carbons (Fsp3) is 0.348. The summed E-state index contributed by atoms with van der Waals surface area (Å²) in [6.07, 6.45) is 1.86. The molecule has 0 fully saturated rings. The van der Waals surface area contributed by atoms with Crippen LogP contribution >= 0.6 is 0 Å². The molecular weight excluding hydrogens is 362 g/mol. The molecule has 4 rings (SSSR count). The van der Waals surface area contributed by atoms with Gasteiger partial charge in [0, 0.05) is 43.1 Å². The van der Waals surface area contributed by atoms with Crippen molar-refractivity contribution in [2.45, 2.75) is 39.8 Å². The van der Waals surface area contributed by atoms with Crippen LogP contribution in [0.2, 0.25) is 0 Å². The first kappa shape index (κ1) is 19.2. The van der Waals surface area contributed by atoms with E-state index in [1.807, 2.05) is 36.5 Å². The fourth-order valence-corrected chi connectivity index (χ4v) is 4.03. The highest BCUT2D eigenvalue weighted by molar-refractivity contribution is 5.94. The Morgan fingerprint density at radius 1 is 1.14 bits per heavy atom. The minimum Gasteiger partial charge on any atom is -0.364 e. The first-order valence-electron chi connectivity index (χ1n) is 10.1. The maximum absolute atomic E-state index is 11.8. The monoisotopic (exact) mass is 389 g/mol. The zero-order valence-electron chi connectivity index (χ0n) is 17.4. The number of hydrogen-bond acceptors (Lipinski definition) is 4. The van der Waals surface area contributed by atoms with E-state index in [0.29, 0.717) is 11.5 Å². The molecule has 0 aliphatic carbocycles. The highest BCUT2D eigenvalue weighted by Gasteiger charge is 2.25. The van der Waals surface area contributed by atoms with Crippen molar-refractivity contribution in [3.63, 3.8) is 0 Å². The first-order valence-corrected chi connectivity index (χ1v) is 10.1. The summed E-state index contributed by atoms with van der Waals surface area (Å²) in [4.78, 5) is 23.7. The average Bonchev–Trinajstić information content (AvgIpc) is 3.09. The summed E-state index contributed by atoms with van der Waals surface area (Å²) in [6.45, 7) is 8.99. The molecule has 1 aliphatic heterocycles. The third-order valence-electron chi connectivity index (χ3n) is 5.56. The van der Waals surface area contributed by atoms with E-state index in [4.69, 9.17) is 4.98 Å². The summed E-state index contributed by atoms with van der Waals surface area (Å²) in [7, 11) is 1.65. The van der Waals surface area contributed by atoms with Gasteiger partial charge in [0.1, 0.15) is 5.82 Å². The Morgan fingerprint density at radius 3 is 2.59 bits per heavy atom. The van der Waals surface area contributed by atoms with Crippen LogP contribution in [0.15, 0.2) is 42.6 Å². The van der Waals surface area contributed by atoms with Crippen molar-refractivity contribution in [1.29, 1.82) is 0 Å². The second-order valence-corrected chi connectivity index (χ2v) is 7.74. The molecule has 3 heterocycles. The number of carbonyl (C=O) groups excluding carboxylic acids is 1. The van der Waals surface area contributed by atoms with Crippen molar-refractivity contribution in [1.82, 2.24) is 19.9 Å². The minimum absolute atomic E-state index is 0.0658. The number of pyridine rings is 1. The largest absolute Gasteiger partial charge is 0.364 e. The van der Waals surface area contributed by atoms with Crippen molar-refractivity contribution in [3.8, 4) is 11.3 Å². The number of carbonyl (C=O) groups is 1. The van der Waals surface area contributed by atoms with Crippen LogP contribution in [0.4, 0.5) is 5.69 Å². The predicted octanol–water partition coefficient (Wildman–Crippen LogP) is 3.76. The van der Waals surface area contributed by atoms with E-state index in [9.17, 15) is 4.79 Å². The lowest BCUT2D eigenvalue weighted by Crippen LogP contribution is -2.34. The molecule has 6 heteroatoms. The number of aromatic nitrogens is 3. The normalized spacial score (nSPS) is 13.5. The van der Waals surface area contributed by atoms with Gasteiger partial charge in [0.15, 0.2) is 0 Å². The van der Waals surface area contributed by atoms with Crippen LogP contribution in [-0.4, -0.2) is 34.0 Å². The van der Waals surface area contributed by atoms with Gasteiger partial charge in [-0.2, -0.15) is 0 Å². The molecule has 3 aromatic rings. The topological polar surface area (TPSA) is 63.1 Å². The molecule has 1 aromatic carbocycles. The molecule has 6 nitrogen and oxygen atoms in total. The van der Waals surface area contributed by atoms with Crippen LogP contribution in [0.25, 0.3) is 11.3 Å². The zero-order valence-corrected chi connectivity index (χ0v) is 17.4. The smallest absolute Gasteiger partial charge is 0.251 e. The van der Waals surface area contributed by atoms with Gasteiger partial charge in [-0.1, -0.05) is 13.8 Å². The van der Waals surface area contributed by atoms with E-state index in [2.05, 4.69) is 46.6 Å². The molecule has 0 bridgehead atoms. The second-order valence-electron chi connectivity index (χ2n) is 7.74. The number of nitrogens with one attached hydrogen (secondary N) is 1. The van der Waals surface area contributed by atoms with E-state index < -0.39 is 0 Å². The molecule has 0 atom stereocenters. The van der Waals surface area contributed by atoms with Gasteiger partial charge in [0.05, 0.1) is 23.6 Å². The third-order valence-corrected chi connectivity index (χ3v) is 5.56. The van der Waals surface area contributed by atoms with Crippen molar-refractivity contribution in [2.24, 2.45) is 0 Å². The molecule has 1 amide bonds. The number of aryl methyl sites for hydroxylation is 1. The van der Waals surface area contributed by atoms with Crippen molar-refractivity contribution in [3.05, 3.63) is 65.4 Å². The summed E-state index contributed by atoms with van der Waals surface area (Å²) in [5, 5.41) is 2.67. The quantitative estimate of drug-likeness (QED) is 0.738. The van der Waals surface area contributed by atoms with Crippen LogP contribution in [0.1, 0.15) is 47.3 Å². The minimum atomic E-state index is -0.0658. The van der Waals surface area contributed by atoms with Crippen molar-refractivity contribution < 1.29 is 4.79 Å². The molecule has 0 saturated carbocycles. The van der Waals surface area contributed by atoms with Crippen LogP contribution < -0.4 is 10.2 Å². The summed E-state index contributed by atoms with van der Waals surface area (Å²) in [6, 6.07) is 11.9. The van der Waals surface area contributed by atoms with Crippen LogP contribution in [0.5, 0.6) is 0 Å². The number of nitrogens with zero attached hydrogens (tertiary/aromatic N) is 4. The Labute approximate surface area is 171 Å². The van der Waals surface area contributed by atoms with Gasteiger partial charge in [0.25, 0.3) is 5.91 Å².